The summed E-state index contributed by atoms with van der Waals surface area (Å²) in [5.74, 6) is -0.00155. The molecular formula is C11H11N3O3S. The van der Waals surface area contributed by atoms with Gasteiger partial charge in [-0.3, -0.25) is 9.59 Å². The Morgan fingerprint density at radius 2 is 2.39 bits per heavy atom. The van der Waals surface area contributed by atoms with Crippen LogP contribution in [0, 0.1) is 0 Å². The maximum atomic E-state index is 11.6. The second-order valence-electron chi connectivity index (χ2n) is 3.43. The van der Waals surface area contributed by atoms with E-state index in [2.05, 4.69) is 15.3 Å². The van der Waals surface area contributed by atoms with Gasteiger partial charge in [0.2, 0.25) is 5.91 Å². The van der Waals surface area contributed by atoms with E-state index in [0.29, 0.717) is 16.7 Å². The largest absolute Gasteiger partial charge is 0.323 e. The van der Waals surface area contributed by atoms with Gasteiger partial charge in [-0.2, -0.15) is 0 Å². The number of hydrogen-bond donors (Lipinski definition) is 2. The molecule has 2 aromatic rings. The van der Waals surface area contributed by atoms with Crippen LogP contribution >= 0.6 is 12.0 Å². The highest BCUT2D eigenvalue weighted by atomic mass is 32.2. The highest BCUT2D eigenvalue weighted by Gasteiger charge is 2.07. The molecule has 0 fully saturated rings. The Morgan fingerprint density at radius 3 is 3.17 bits per heavy atom. The zero-order valence-electron chi connectivity index (χ0n) is 9.60. The van der Waals surface area contributed by atoms with E-state index in [4.69, 9.17) is 4.18 Å². The zero-order valence-corrected chi connectivity index (χ0v) is 10.4. The molecule has 1 aromatic heterocycles. The lowest BCUT2D eigenvalue weighted by Crippen LogP contribution is -2.15. The number of aromatic nitrogens is 2. The number of hydrogen-bond acceptors (Lipinski definition) is 5. The molecule has 2 rings (SSSR count). The molecule has 0 bridgehead atoms. The number of H-pyrrole nitrogens is 1. The van der Waals surface area contributed by atoms with Crippen LogP contribution in [-0.2, 0) is 8.98 Å². The average molecular weight is 265 g/mol. The minimum atomic E-state index is -0.277. The summed E-state index contributed by atoms with van der Waals surface area (Å²) in [6.45, 7) is 0. The molecule has 94 valence electrons. The maximum Gasteiger partial charge on any atom is 0.266 e. The predicted molar refractivity (Wildman–Crippen MR) is 70.5 cm³/mol. The highest BCUT2D eigenvalue weighted by molar-refractivity contribution is 7.95. The molecule has 1 aromatic carbocycles. The lowest BCUT2D eigenvalue weighted by molar-refractivity contribution is -0.113. The van der Waals surface area contributed by atoms with E-state index in [0.717, 1.165) is 12.0 Å². The summed E-state index contributed by atoms with van der Waals surface area (Å²) >= 11 is 1.05. The topological polar surface area (TPSA) is 84.1 Å². The van der Waals surface area contributed by atoms with Gasteiger partial charge in [0.1, 0.15) is 5.52 Å². The minimum Gasteiger partial charge on any atom is -0.323 e. The van der Waals surface area contributed by atoms with Crippen molar-refractivity contribution in [3.63, 3.8) is 0 Å². The highest BCUT2D eigenvalue weighted by Crippen LogP contribution is 2.18. The molecule has 1 heterocycles. The Hall–Kier alpha value is -1.86. The maximum absolute atomic E-state index is 11.6. The summed E-state index contributed by atoms with van der Waals surface area (Å²) in [6.07, 6.45) is 1.18. The van der Waals surface area contributed by atoms with Crippen LogP contribution < -0.4 is 10.9 Å². The second-order valence-corrected chi connectivity index (χ2v) is 4.28. The van der Waals surface area contributed by atoms with Crippen molar-refractivity contribution in [2.24, 2.45) is 0 Å². The van der Waals surface area contributed by atoms with Gasteiger partial charge in [0.05, 0.1) is 30.3 Å². The van der Waals surface area contributed by atoms with E-state index in [9.17, 15) is 9.59 Å². The van der Waals surface area contributed by atoms with E-state index >= 15 is 0 Å². The molecule has 0 atom stereocenters. The normalized spacial score (nSPS) is 10.5. The third-order valence-corrected chi connectivity index (χ3v) is 2.80. The smallest absolute Gasteiger partial charge is 0.266 e. The molecule has 0 radical (unpaired) electrons. The Morgan fingerprint density at radius 1 is 1.56 bits per heavy atom. The van der Waals surface area contributed by atoms with Crippen molar-refractivity contribution < 1.29 is 8.98 Å². The second kappa shape index (κ2) is 5.65. The van der Waals surface area contributed by atoms with Crippen LogP contribution in [-0.4, -0.2) is 28.7 Å². The van der Waals surface area contributed by atoms with E-state index in [-0.39, 0.29) is 17.2 Å². The monoisotopic (exact) mass is 265 g/mol. The van der Waals surface area contributed by atoms with Gasteiger partial charge >= 0.3 is 0 Å². The fraction of sp³-hybridized carbons (Fsp3) is 0.182. The van der Waals surface area contributed by atoms with Crippen LogP contribution in [0.15, 0.2) is 29.2 Å². The Labute approximate surface area is 107 Å². The first-order chi connectivity index (χ1) is 8.70. The molecule has 0 aliphatic carbocycles. The summed E-state index contributed by atoms with van der Waals surface area (Å²) in [5.41, 5.74) is 1.42. The van der Waals surface area contributed by atoms with Crippen LogP contribution in [0.3, 0.4) is 0 Å². The lowest BCUT2D eigenvalue weighted by atomic mass is 10.2. The van der Waals surface area contributed by atoms with E-state index in [1.165, 1.54) is 13.3 Å². The number of para-hydroxylation sites is 1. The van der Waals surface area contributed by atoms with Crippen LogP contribution in [0.4, 0.5) is 5.69 Å². The number of amides is 1. The number of rotatable bonds is 4. The van der Waals surface area contributed by atoms with Gasteiger partial charge in [-0.25, -0.2) is 4.98 Å². The van der Waals surface area contributed by atoms with Crippen molar-refractivity contribution in [1.82, 2.24) is 9.97 Å². The van der Waals surface area contributed by atoms with E-state index in [1.807, 2.05) is 0 Å². The van der Waals surface area contributed by atoms with Crippen LogP contribution in [0.25, 0.3) is 11.0 Å². The minimum absolute atomic E-state index is 0.191. The number of benzene rings is 1. The molecule has 7 heteroatoms. The predicted octanol–water partition coefficient (Wildman–Crippen LogP) is 1.16. The van der Waals surface area contributed by atoms with Crippen molar-refractivity contribution in [1.29, 1.82) is 0 Å². The standard InChI is InChI=1S/C11H11N3O3S/c1-17-18-6-10(16)14-8-4-2-3-7-11(8)12-5-9(15)13-7/h2-5H,6H2,1H3,(H,13,15)(H,14,16). The fourth-order valence-corrected chi connectivity index (χ4v) is 1.77. The molecule has 0 unspecified atom stereocenters. The molecule has 0 saturated heterocycles. The van der Waals surface area contributed by atoms with Gasteiger partial charge in [-0.15, -0.1) is 0 Å². The average Bonchev–Trinajstić information content (AvgIpc) is 2.36. The Kier molecular flexibility index (Phi) is 3.96. The third-order valence-electron chi connectivity index (χ3n) is 2.19. The molecule has 0 spiro atoms. The number of aromatic amines is 1. The Bertz CT molecular complexity index is 626. The molecule has 0 saturated carbocycles. The van der Waals surface area contributed by atoms with Gasteiger partial charge in [0, 0.05) is 12.0 Å². The van der Waals surface area contributed by atoms with Crippen LogP contribution in [0.5, 0.6) is 0 Å². The Balaban J connectivity index is 2.28. The molecule has 2 N–H and O–H groups in total. The number of carbonyl (C=O) groups excluding carboxylic acids is 1. The fourth-order valence-electron chi connectivity index (χ4n) is 1.47. The van der Waals surface area contributed by atoms with E-state index in [1.54, 1.807) is 18.2 Å². The first-order valence-electron chi connectivity index (χ1n) is 5.14. The van der Waals surface area contributed by atoms with Gasteiger partial charge < -0.3 is 14.5 Å². The van der Waals surface area contributed by atoms with Gasteiger partial charge in [-0.05, 0) is 12.1 Å². The first kappa shape index (κ1) is 12.6. The van der Waals surface area contributed by atoms with Crippen molar-refractivity contribution in [2.45, 2.75) is 0 Å². The van der Waals surface area contributed by atoms with Crippen molar-refractivity contribution in [2.75, 3.05) is 18.2 Å². The molecule has 1 amide bonds. The van der Waals surface area contributed by atoms with Crippen LogP contribution in [0.2, 0.25) is 0 Å². The first-order valence-corrected chi connectivity index (χ1v) is 6.05. The number of nitrogens with one attached hydrogen (secondary N) is 2. The molecule has 6 nitrogen and oxygen atoms in total. The summed E-state index contributed by atoms with van der Waals surface area (Å²) in [7, 11) is 1.50. The SMILES string of the molecule is COSCC(=O)Nc1cccc2[nH]c(=O)cnc12. The third kappa shape index (κ3) is 2.88. The number of fused-ring (bicyclic) bond motifs is 1. The summed E-state index contributed by atoms with van der Waals surface area (Å²) in [4.78, 5) is 29.4. The number of carbonyl (C=O) groups is 1. The molecular weight excluding hydrogens is 254 g/mol. The zero-order chi connectivity index (χ0) is 13.0. The number of nitrogens with zero attached hydrogens (tertiary/aromatic N) is 1. The summed E-state index contributed by atoms with van der Waals surface area (Å²) in [5, 5.41) is 2.71. The summed E-state index contributed by atoms with van der Waals surface area (Å²) in [6, 6.07) is 5.19. The molecule has 18 heavy (non-hydrogen) atoms. The van der Waals surface area contributed by atoms with Crippen molar-refractivity contribution >= 4 is 34.7 Å². The van der Waals surface area contributed by atoms with Gasteiger partial charge in [0.25, 0.3) is 5.56 Å². The van der Waals surface area contributed by atoms with Gasteiger partial charge in [0.15, 0.2) is 0 Å². The van der Waals surface area contributed by atoms with E-state index < -0.39 is 0 Å². The van der Waals surface area contributed by atoms with Crippen molar-refractivity contribution in [3.8, 4) is 0 Å². The van der Waals surface area contributed by atoms with Crippen LogP contribution in [0.1, 0.15) is 0 Å². The molecule has 0 aliphatic heterocycles. The lowest BCUT2D eigenvalue weighted by Gasteiger charge is -2.06. The summed E-state index contributed by atoms with van der Waals surface area (Å²) < 4.78 is 4.75. The quantitative estimate of drug-likeness (QED) is 0.810. The van der Waals surface area contributed by atoms with Gasteiger partial charge in [-0.1, -0.05) is 6.07 Å². The number of anilines is 1. The van der Waals surface area contributed by atoms with Crippen molar-refractivity contribution in [3.05, 3.63) is 34.7 Å². The molecule has 0 aliphatic rings.